The summed E-state index contributed by atoms with van der Waals surface area (Å²) < 4.78 is 31.3. The van der Waals surface area contributed by atoms with Crippen LogP contribution in [-0.2, 0) is 6.54 Å². The van der Waals surface area contributed by atoms with Gasteiger partial charge in [0.1, 0.15) is 5.75 Å². The molecule has 0 aliphatic carbocycles. The van der Waals surface area contributed by atoms with Crippen LogP contribution in [0.25, 0.3) is 5.69 Å². The fourth-order valence-corrected chi connectivity index (χ4v) is 2.81. The number of carbonyl (C=O) groups is 1. The predicted molar refractivity (Wildman–Crippen MR) is 100 cm³/mol. The number of rotatable bonds is 6. The number of alkyl halides is 2. The Morgan fingerprint density at radius 2 is 1.85 bits per heavy atom. The summed E-state index contributed by atoms with van der Waals surface area (Å²) >= 11 is 3.38. The van der Waals surface area contributed by atoms with Gasteiger partial charge in [0, 0.05) is 11.0 Å². The van der Waals surface area contributed by atoms with Crippen LogP contribution in [0.5, 0.6) is 5.75 Å². The number of amides is 1. The average Bonchev–Trinajstić information content (AvgIpc) is 3.03. The second-order valence-electron chi connectivity index (χ2n) is 5.74. The lowest BCUT2D eigenvalue weighted by Gasteiger charge is -2.08. The third-order valence-corrected chi connectivity index (χ3v) is 4.46. The molecule has 2 aromatic carbocycles. The summed E-state index contributed by atoms with van der Waals surface area (Å²) in [6.45, 7) is -0.780. The number of ether oxygens (including phenoxy) is 1. The van der Waals surface area contributed by atoms with Gasteiger partial charge in [0.15, 0.2) is 0 Å². The molecule has 0 unspecified atom stereocenters. The first-order valence-electron chi connectivity index (χ1n) is 8.06. The maximum absolute atomic E-state index is 12.5. The van der Waals surface area contributed by atoms with Gasteiger partial charge in [-0.1, -0.05) is 28.1 Å². The van der Waals surface area contributed by atoms with Crippen molar-refractivity contribution < 1.29 is 18.3 Å². The standard InChI is InChI=1S/C19H16BrF2N3O2/c1-12-17(11-24-25(12)15-6-4-14(20)5-7-15)18(26)23-10-13-2-8-16(9-3-13)27-19(21)22/h2-9,11,19H,10H2,1H3,(H,23,26). The van der Waals surface area contributed by atoms with Gasteiger partial charge in [0.25, 0.3) is 5.91 Å². The zero-order valence-corrected chi connectivity index (χ0v) is 15.9. The van der Waals surface area contributed by atoms with Gasteiger partial charge in [-0.25, -0.2) is 4.68 Å². The molecule has 0 aliphatic rings. The Balaban J connectivity index is 1.65. The van der Waals surface area contributed by atoms with Crippen LogP contribution in [0.2, 0.25) is 0 Å². The van der Waals surface area contributed by atoms with E-state index in [9.17, 15) is 13.6 Å². The topological polar surface area (TPSA) is 56.1 Å². The summed E-state index contributed by atoms with van der Waals surface area (Å²) in [6, 6.07) is 13.7. The van der Waals surface area contributed by atoms with E-state index in [1.807, 2.05) is 31.2 Å². The van der Waals surface area contributed by atoms with Crippen LogP contribution in [-0.4, -0.2) is 22.3 Å². The molecule has 1 N–H and O–H groups in total. The molecule has 1 amide bonds. The Kier molecular flexibility index (Phi) is 5.85. The van der Waals surface area contributed by atoms with Crippen molar-refractivity contribution in [2.75, 3.05) is 0 Å². The average molecular weight is 436 g/mol. The molecule has 3 aromatic rings. The fourth-order valence-electron chi connectivity index (χ4n) is 2.54. The van der Waals surface area contributed by atoms with Crippen LogP contribution in [0.3, 0.4) is 0 Å². The zero-order valence-electron chi connectivity index (χ0n) is 14.3. The van der Waals surface area contributed by atoms with Crippen LogP contribution < -0.4 is 10.1 Å². The number of carbonyl (C=O) groups excluding carboxylic acids is 1. The van der Waals surface area contributed by atoms with Crippen LogP contribution in [0, 0.1) is 6.92 Å². The molecule has 0 bridgehead atoms. The van der Waals surface area contributed by atoms with Crippen molar-refractivity contribution in [3.63, 3.8) is 0 Å². The highest BCUT2D eigenvalue weighted by molar-refractivity contribution is 9.10. The van der Waals surface area contributed by atoms with E-state index < -0.39 is 6.61 Å². The summed E-state index contributed by atoms with van der Waals surface area (Å²) in [5.74, 6) is -0.185. The Bertz CT molecular complexity index is 925. The summed E-state index contributed by atoms with van der Waals surface area (Å²) in [5.41, 5.74) is 2.80. The van der Waals surface area contributed by atoms with Gasteiger partial charge in [0.2, 0.25) is 0 Å². The van der Waals surface area contributed by atoms with Gasteiger partial charge in [-0.05, 0) is 48.9 Å². The summed E-state index contributed by atoms with van der Waals surface area (Å²) in [5, 5.41) is 7.09. The van der Waals surface area contributed by atoms with E-state index in [-0.39, 0.29) is 18.2 Å². The van der Waals surface area contributed by atoms with Crippen LogP contribution in [0.1, 0.15) is 21.6 Å². The first-order chi connectivity index (χ1) is 12.9. The highest BCUT2D eigenvalue weighted by Crippen LogP contribution is 2.18. The van der Waals surface area contributed by atoms with Crippen molar-refractivity contribution in [1.82, 2.24) is 15.1 Å². The molecule has 0 fully saturated rings. The predicted octanol–water partition coefficient (Wildman–Crippen LogP) is 4.47. The number of hydrogen-bond acceptors (Lipinski definition) is 3. The SMILES string of the molecule is Cc1c(C(=O)NCc2ccc(OC(F)F)cc2)cnn1-c1ccc(Br)cc1. The molecule has 0 atom stereocenters. The Morgan fingerprint density at radius 3 is 2.48 bits per heavy atom. The summed E-state index contributed by atoms with van der Waals surface area (Å²) in [4.78, 5) is 12.5. The largest absolute Gasteiger partial charge is 0.435 e. The molecule has 3 rings (SSSR count). The van der Waals surface area contributed by atoms with Crippen LogP contribution in [0.4, 0.5) is 8.78 Å². The molecule has 0 spiro atoms. The van der Waals surface area contributed by atoms with Crippen molar-refractivity contribution in [3.05, 3.63) is 76.0 Å². The molecule has 0 aliphatic heterocycles. The maximum Gasteiger partial charge on any atom is 0.387 e. The van der Waals surface area contributed by atoms with E-state index in [2.05, 4.69) is 31.1 Å². The van der Waals surface area contributed by atoms with Crippen molar-refractivity contribution in [2.24, 2.45) is 0 Å². The smallest absolute Gasteiger partial charge is 0.387 e. The second-order valence-corrected chi connectivity index (χ2v) is 6.65. The number of aromatic nitrogens is 2. The van der Waals surface area contributed by atoms with E-state index in [0.717, 1.165) is 21.4 Å². The molecule has 0 saturated heterocycles. The summed E-state index contributed by atoms with van der Waals surface area (Å²) in [6.07, 6.45) is 1.52. The van der Waals surface area contributed by atoms with Crippen molar-refractivity contribution in [3.8, 4) is 11.4 Å². The summed E-state index contributed by atoms with van der Waals surface area (Å²) in [7, 11) is 0. The van der Waals surface area contributed by atoms with E-state index in [4.69, 9.17) is 0 Å². The monoisotopic (exact) mass is 435 g/mol. The first-order valence-corrected chi connectivity index (χ1v) is 8.86. The molecule has 0 radical (unpaired) electrons. The van der Waals surface area contributed by atoms with Crippen molar-refractivity contribution >= 4 is 21.8 Å². The Morgan fingerprint density at radius 1 is 1.19 bits per heavy atom. The zero-order chi connectivity index (χ0) is 19.4. The van der Waals surface area contributed by atoms with Crippen molar-refractivity contribution in [1.29, 1.82) is 0 Å². The molecular weight excluding hydrogens is 420 g/mol. The molecule has 1 aromatic heterocycles. The fraction of sp³-hybridized carbons (Fsp3) is 0.158. The number of nitrogens with zero attached hydrogens (tertiary/aromatic N) is 2. The molecule has 1 heterocycles. The van der Waals surface area contributed by atoms with E-state index in [1.165, 1.54) is 18.3 Å². The van der Waals surface area contributed by atoms with E-state index >= 15 is 0 Å². The van der Waals surface area contributed by atoms with E-state index in [0.29, 0.717) is 5.56 Å². The molecule has 5 nitrogen and oxygen atoms in total. The maximum atomic E-state index is 12.5. The third kappa shape index (κ3) is 4.71. The third-order valence-electron chi connectivity index (χ3n) is 3.93. The molecule has 8 heteroatoms. The number of nitrogens with one attached hydrogen (secondary N) is 1. The molecule has 0 saturated carbocycles. The van der Waals surface area contributed by atoms with Gasteiger partial charge in [-0.2, -0.15) is 13.9 Å². The minimum absolute atomic E-state index is 0.0756. The molecule has 140 valence electrons. The number of benzene rings is 2. The van der Waals surface area contributed by atoms with Gasteiger partial charge in [0.05, 0.1) is 23.1 Å². The lowest BCUT2D eigenvalue weighted by atomic mass is 10.2. The molecule has 27 heavy (non-hydrogen) atoms. The van der Waals surface area contributed by atoms with Gasteiger partial charge < -0.3 is 10.1 Å². The lowest BCUT2D eigenvalue weighted by molar-refractivity contribution is -0.0498. The Labute approximate surface area is 163 Å². The minimum atomic E-state index is -2.86. The normalized spacial score (nSPS) is 10.9. The van der Waals surface area contributed by atoms with Crippen LogP contribution in [0.15, 0.2) is 59.2 Å². The lowest BCUT2D eigenvalue weighted by Crippen LogP contribution is -2.23. The molecular formula is C19H16BrF2N3O2. The van der Waals surface area contributed by atoms with Gasteiger partial charge in [-0.3, -0.25) is 4.79 Å². The highest BCUT2D eigenvalue weighted by Gasteiger charge is 2.15. The Hall–Kier alpha value is -2.74. The second kappa shape index (κ2) is 8.30. The van der Waals surface area contributed by atoms with Gasteiger partial charge in [-0.15, -0.1) is 0 Å². The quantitative estimate of drug-likeness (QED) is 0.621. The first kappa shape index (κ1) is 19.0. The highest BCUT2D eigenvalue weighted by atomic mass is 79.9. The van der Waals surface area contributed by atoms with Crippen LogP contribution >= 0.6 is 15.9 Å². The number of hydrogen-bond donors (Lipinski definition) is 1. The van der Waals surface area contributed by atoms with Gasteiger partial charge >= 0.3 is 6.61 Å². The van der Waals surface area contributed by atoms with Crippen molar-refractivity contribution in [2.45, 2.75) is 20.1 Å². The minimum Gasteiger partial charge on any atom is -0.435 e. The van der Waals surface area contributed by atoms with E-state index in [1.54, 1.807) is 16.8 Å². The number of halogens is 3.